The molecule has 1 aliphatic rings. The summed E-state index contributed by atoms with van der Waals surface area (Å²) in [6.07, 6.45) is 2.18. The maximum absolute atomic E-state index is 13.1. The third-order valence-corrected chi connectivity index (χ3v) is 5.81. The van der Waals surface area contributed by atoms with Crippen molar-refractivity contribution in [3.63, 3.8) is 0 Å². The summed E-state index contributed by atoms with van der Waals surface area (Å²) in [5, 5.41) is 24.4. The second-order valence-electron chi connectivity index (χ2n) is 7.89. The molecule has 3 N–H and O–H groups in total. The Balaban J connectivity index is 1.63. The number of piperidine rings is 1. The molecular weight excluding hydrogens is 404 g/mol. The lowest BCUT2D eigenvalue weighted by molar-refractivity contribution is 0.0539. The van der Waals surface area contributed by atoms with Crippen molar-refractivity contribution >= 4 is 22.6 Å². The van der Waals surface area contributed by atoms with Gasteiger partial charge in [-0.3, -0.25) is 9.36 Å². The molecule has 1 aliphatic heterocycles. The number of hydrogen-bond acceptors (Lipinski definition) is 6. The van der Waals surface area contributed by atoms with Gasteiger partial charge in [0.05, 0.1) is 36.3 Å². The molecule has 0 amide bonds. The number of rotatable bonds is 5. The third-order valence-electron chi connectivity index (χ3n) is 5.57. The van der Waals surface area contributed by atoms with Gasteiger partial charge in [0.15, 0.2) is 5.52 Å². The molecule has 4 rings (SSSR count). The molecule has 2 aromatic heterocycles. The van der Waals surface area contributed by atoms with E-state index < -0.39 is 12.2 Å². The zero-order valence-corrected chi connectivity index (χ0v) is 17.5. The average molecular weight is 429 g/mol. The third kappa shape index (κ3) is 4.39. The summed E-state index contributed by atoms with van der Waals surface area (Å²) >= 11 is 6.10. The molecule has 3 aromatic rings. The lowest BCUT2D eigenvalue weighted by Gasteiger charge is -2.30. The molecule has 1 aromatic carbocycles. The van der Waals surface area contributed by atoms with E-state index in [0.29, 0.717) is 22.7 Å². The molecule has 0 unspecified atom stereocenters. The van der Waals surface area contributed by atoms with Crippen molar-refractivity contribution in [3.05, 3.63) is 57.6 Å². The van der Waals surface area contributed by atoms with Crippen molar-refractivity contribution in [2.75, 3.05) is 6.54 Å². The van der Waals surface area contributed by atoms with Crippen LogP contribution < -0.4 is 10.9 Å². The van der Waals surface area contributed by atoms with Gasteiger partial charge in [-0.05, 0) is 56.5 Å². The van der Waals surface area contributed by atoms with E-state index in [-0.39, 0.29) is 23.7 Å². The summed E-state index contributed by atoms with van der Waals surface area (Å²) in [5.41, 5.74) is 2.81. The first-order valence-electron chi connectivity index (χ1n) is 10.1. The van der Waals surface area contributed by atoms with Crippen LogP contribution in [0, 0.1) is 6.92 Å². The fourth-order valence-corrected chi connectivity index (χ4v) is 4.18. The van der Waals surface area contributed by atoms with Crippen LogP contribution in [0.25, 0.3) is 22.3 Å². The number of aryl methyl sites for hydroxylation is 1. The summed E-state index contributed by atoms with van der Waals surface area (Å²) < 4.78 is 1.39. The van der Waals surface area contributed by atoms with Gasteiger partial charge < -0.3 is 15.5 Å². The minimum absolute atomic E-state index is 0.0921. The number of aromatic nitrogens is 3. The molecule has 1 fully saturated rings. The zero-order valence-electron chi connectivity index (χ0n) is 16.8. The van der Waals surface area contributed by atoms with Gasteiger partial charge >= 0.3 is 0 Å². The molecule has 0 radical (unpaired) electrons. The highest BCUT2D eigenvalue weighted by Gasteiger charge is 2.25. The Bertz CT molecular complexity index is 1120. The Kier molecular flexibility index (Phi) is 6.15. The number of benzene rings is 1. The second-order valence-corrected chi connectivity index (χ2v) is 8.33. The van der Waals surface area contributed by atoms with Crippen LogP contribution >= 0.6 is 11.6 Å². The zero-order chi connectivity index (χ0) is 21.3. The molecule has 3 heterocycles. The number of halogens is 1. The van der Waals surface area contributed by atoms with E-state index in [4.69, 9.17) is 11.6 Å². The van der Waals surface area contributed by atoms with Gasteiger partial charge in [-0.25, -0.2) is 9.97 Å². The minimum atomic E-state index is -0.788. The largest absolute Gasteiger partial charge is 0.392 e. The predicted molar refractivity (Wildman–Crippen MR) is 117 cm³/mol. The minimum Gasteiger partial charge on any atom is -0.392 e. The molecular formula is C22H25ClN4O3. The summed E-state index contributed by atoms with van der Waals surface area (Å²) in [4.78, 5) is 22.0. The second kappa shape index (κ2) is 8.81. The van der Waals surface area contributed by atoms with Crippen molar-refractivity contribution in [2.24, 2.45) is 0 Å². The van der Waals surface area contributed by atoms with Gasteiger partial charge in [0.25, 0.3) is 5.56 Å². The number of pyridine rings is 1. The Labute approximate surface area is 179 Å². The summed E-state index contributed by atoms with van der Waals surface area (Å²) in [5.74, 6) is 0. The van der Waals surface area contributed by atoms with E-state index >= 15 is 0 Å². The Hall–Kier alpha value is -2.32. The quantitative estimate of drug-likeness (QED) is 0.576. The molecule has 7 nitrogen and oxygen atoms in total. The van der Waals surface area contributed by atoms with Gasteiger partial charge in [0, 0.05) is 16.6 Å². The van der Waals surface area contributed by atoms with E-state index in [1.54, 1.807) is 12.1 Å². The molecule has 0 spiro atoms. The van der Waals surface area contributed by atoms with Crippen molar-refractivity contribution in [1.82, 2.24) is 19.9 Å². The number of nitrogens with zero attached hydrogens (tertiary/aromatic N) is 3. The number of hydrogen-bond donors (Lipinski definition) is 3. The first-order chi connectivity index (χ1) is 14.4. The van der Waals surface area contributed by atoms with Crippen LogP contribution in [-0.4, -0.2) is 49.5 Å². The Morgan fingerprint density at radius 2 is 2.17 bits per heavy atom. The van der Waals surface area contributed by atoms with Gasteiger partial charge in [-0.1, -0.05) is 23.7 Å². The molecule has 0 saturated carbocycles. The fourth-order valence-electron chi connectivity index (χ4n) is 3.99. The highest BCUT2D eigenvalue weighted by molar-refractivity contribution is 6.30. The summed E-state index contributed by atoms with van der Waals surface area (Å²) in [7, 11) is 0. The van der Waals surface area contributed by atoms with Crippen molar-refractivity contribution in [2.45, 2.75) is 51.0 Å². The van der Waals surface area contributed by atoms with Crippen molar-refractivity contribution in [1.29, 1.82) is 0 Å². The Morgan fingerprint density at radius 3 is 2.93 bits per heavy atom. The first kappa shape index (κ1) is 20.9. The highest BCUT2D eigenvalue weighted by Crippen LogP contribution is 2.24. The lowest BCUT2D eigenvalue weighted by atomic mass is 9.96. The van der Waals surface area contributed by atoms with Gasteiger partial charge in [-0.2, -0.15) is 0 Å². The average Bonchev–Trinajstić information content (AvgIpc) is 2.72. The van der Waals surface area contributed by atoms with Crippen LogP contribution in [0.1, 0.15) is 24.8 Å². The van der Waals surface area contributed by atoms with E-state index in [0.717, 1.165) is 30.5 Å². The van der Waals surface area contributed by atoms with Crippen molar-refractivity contribution in [3.8, 4) is 11.3 Å². The number of aliphatic hydroxyl groups excluding tert-OH is 2. The first-order valence-corrected chi connectivity index (χ1v) is 10.5. The predicted octanol–water partition coefficient (Wildman–Crippen LogP) is 2.28. The molecule has 1 saturated heterocycles. The standard InChI is InChI=1S/C22H25ClN4O3/c1-13-8-17(14-4-2-5-15(23)9-14)26-21-20(13)25-12-27(22(21)30)11-16(28)10-18-19(29)6-3-7-24-18/h2,4-5,8-9,12,16,18-19,24,28-29H,3,6-7,10-11H2,1H3/t16-,18+,19-/m0/s1. The molecule has 0 aliphatic carbocycles. The van der Waals surface area contributed by atoms with Gasteiger partial charge in [0.1, 0.15) is 0 Å². The Morgan fingerprint density at radius 1 is 1.33 bits per heavy atom. The number of aliphatic hydroxyl groups is 2. The van der Waals surface area contributed by atoms with E-state index in [1.165, 1.54) is 10.9 Å². The monoisotopic (exact) mass is 428 g/mol. The molecule has 0 bridgehead atoms. The van der Waals surface area contributed by atoms with E-state index in [2.05, 4.69) is 15.3 Å². The molecule has 158 valence electrons. The normalized spacial score (nSPS) is 20.4. The van der Waals surface area contributed by atoms with Gasteiger partial charge in [-0.15, -0.1) is 0 Å². The number of nitrogens with one attached hydrogen (secondary N) is 1. The molecule has 3 atom stereocenters. The van der Waals surface area contributed by atoms with Crippen LogP contribution in [0.3, 0.4) is 0 Å². The van der Waals surface area contributed by atoms with Crippen LogP contribution in [0.15, 0.2) is 41.5 Å². The van der Waals surface area contributed by atoms with Crippen LogP contribution in [0.5, 0.6) is 0 Å². The number of fused-ring (bicyclic) bond motifs is 1. The summed E-state index contributed by atoms with van der Waals surface area (Å²) in [6, 6.07) is 9.03. The molecule has 8 heteroatoms. The van der Waals surface area contributed by atoms with E-state index in [1.807, 2.05) is 25.1 Å². The summed E-state index contributed by atoms with van der Waals surface area (Å²) in [6.45, 7) is 2.80. The smallest absolute Gasteiger partial charge is 0.279 e. The lowest BCUT2D eigenvalue weighted by Crippen LogP contribution is -2.47. The van der Waals surface area contributed by atoms with Gasteiger partial charge in [0.2, 0.25) is 0 Å². The van der Waals surface area contributed by atoms with Crippen LogP contribution in [-0.2, 0) is 6.54 Å². The highest BCUT2D eigenvalue weighted by atomic mass is 35.5. The van der Waals surface area contributed by atoms with Crippen LogP contribution in [0.2, 0.25) is 5.02 Å². The molecule has 30 heavy (non-hydrogen) atoms. The maximum atomic E-state index is 13.1. The van der Waals surface area contributed by atoms with Crippen LogP contribution in [0.4, 0.5) is 0 Å². The fraction of sp³-hybridized carbons (Fsp3) is 0.409. The van der Waals surface area contributed by atoms with Crippen molar-refractivity contribution < 1.29 is 10.2 Å². The SMILES string of the molecule is Cc1cc(-c2cccc(Cl)c2)nc2c(=O)n(C[C@@H](O)C[C@H]3NCCC[C@@H]3O)cnc12. The topological polar surface area (TPSA) is 100 Å². The van der Waals surface area contributed by atoms with E-state index in [9.17, 15) is 15.0 Å². The maximum Gasteiger partial charge on any atom is 0.279 e.